The number of ether oxygens (including phenoxy) is 1. The number of rotatable bonds is 4. The van der Waals surface area contributed by atoms with Crippen molar-refractivity contribution < 1.29 is 19.0 Å². The maximum Gasteiger partial charge on any atom is 0.407 e. The van der Waals surface area contributed by atoms with Crippen LogP contribution in [-0.4, -0.2) is 34.3 Å². The predicted molar refractivity (Wildman–Crippen MR) is 75.7 cm³/mol. The lowest BCUT2D eigenvalue weighted by Gasteiger charge is -2.35. The lowest BCUT2D eigenvalue weighted by Crippen LogP contribution is -2.49. The normalized spacial score (nSPS) is 12.4. The molecule has 5 nitrogen and oxygen atoms in total. The van der Waals surface area contributed by atoms with Gasteiger partial charge in [0.15, 0.2) is 0 Å². The highest BCUT2D eigenvalue weighted by molar-refractivity contribution is 5.66. The van der Waals surface area contributed by atoms with Gasteiger partial charge in [0.1, 0.15) is 23.7 Å². The fourth-order valence-corrected chi connectivity index (χ4v) is 1.84. The van der Waals surface area contributed by atoms with E-state index in [1.54, 1.807) is 27.7 Å². The van der Waals surface area contributed by atoms with Crippen LogP contribution in [0, 0.1) is 17.1 Å². The van der Waals surface area contributed by atoms with Gasteiger partial charge in [0.25, 0.3) is 0 Å². The van der Waals surface area contributed by atoms with Crippen molar-refractivity contribution in [1.82, 2.24) is 4.90 Å². The molecule has 0 bridgehead atoms. The van der Waals surface area contributed by atoms with Crippen molar-refractivity contribution in [1.29, 1.82) is 5.26 Å². The summed E-state index contributed by atoms with van der Waals surface area (Å²) in [5.74, 6) is -0.279. The van der Waals surface area contributed by atoms with E-state index in [2.05, 4.69) is 0 Å². The van der Waals surface area contributed by atoms with Crippen LogP contribution in [0.5, 0.6) is 5.75 Å². The average molecular weight is 294 g/mol. The van der Waals surface area contributed by atoms with Crippen molar-refractivity contribution in [3.63, 3.8) is 0 Å². The summed E-state index contributed by atoms with van der Waals surface area (Å²) in [5.41, 5.74) is -0.482. The summed E-state index contributed by atoms with van der Waals surface area (Å²) < 4.78 is 18.6. The van der Waals surface area contributed by atoms with Crippen LogP contribution >= 0.6 is 0 Å². The third kappa shape index (κ3) is 4.63. The molecule has 0 heterocycles. The van der Waals surface area contributed by atoms with E-state index in [0.717, 1.165) is 6.07 Å². The molecule has 114 valence electrons. The molecule has 0 aromatic heterocycles. The Morgan fingerprint density at radius 3 is 2.62 bits per heavy atom. The molecule has 1 aromatic carbocycles. The zero-order valence-electron chi connectivity index (χ0n) is 12.6. The first kappa shape index (κ1) is 16.8. The minimum atomic E-state index is -1.04. The number of carboxylic acid groups (broad SMARTS) is 1. The third-order valence-electron chi connectivity index (χ3n) is 2.87. The number of halogens is 1. The molecule has 1 atom stereocenters. The number of benzene rings is 1. The van der Waals surface area contributed by atoms with E-state index < -0.39 is 23.6 Å². The summed E-state index contributed by atoms with van der Waals surface area (Å²) in [7, 11) is 0. The van der Waals surface area contributed by atoms with Crippen LogP contribution < -0.4 is 4.74 Å². The van der Waals surface area contributed by atoms with E-state index in [0.29, 0.717) is 0 Å². The fraction of sp³-hybridized carbons (Fsp3) is 0.467. The zero-order chi connectivity index (χ0) is 16.2. The first-order chi connectivity index (χ1) is 9.65. The van der Waals surface area contributed by atoms with Crippen LogP contribution in [0.25, 0.3) is 0 Å². The van der Waals surface area contributed by atoms with Crippen molar-refractivity contribution in [2.24, 2.45) is 0 Å². The average Bonchev–Trinajstić information content (AvgIpc) is 2.36. The van der Waals surface area contributed by atoms with Crippen molar-refractivity contribution >= 4 is 6.09 Å². The summed E-state index contributed by atoms with van der Waals surface area (Å²) in [5, 5.41) is 18.2. The highest BCUT2D eigenvalue weighted by Gasteiger charge is 2.28. The first-order valence-electron chi connectivity index (χ1n) is 6.52. The second-order valence-electron chi connectivity index (χ2n) is 5.74. The van der Waals surface area contributed by atoms with Crippen molar-refractivity contribution in [3.05, 3.63) is 29.6 Å². The van der Waals surface area contributed by atoms with E-state index >= 15 is 0 Å². The molecule has 0 aliphatic rings. The molecule has 1 amide bonds. The predicted octanol–water partition coefficient (Wildman–Crippen LogP) is 3.24. The third-order valence-corrected chi connectivity index (χ3v) is 2.87. The summed E-state index contributed by atoms with van der Waals surface area (Å²) in [6, 6.07) is 5.50. The molecule has 0 aliphatic carbocycles. The molecular weight excluding hydrogens is 275 g/mol. The molecule has 0 spiro atoms. The van der Waals surface area contributed by atoms with Crippen LogP contribution in [0.2, 0.25) is 0 Å². The molecule has 6 heteroatoms. The number of hydrogen-bond acceptors (Lipinski definition) is 3. The second-order valence-corrected chi connectivity index (χ2v) is 5.74. The number of amides is 1. The Bertz CT molecular complexity index is 561. The van der Waals surface area contributed by atoms with E-state index in [4.69, 9.17) is 10.00 Å². The first-order valence-corrected chi connectivity index (χ1v) is 6.52. The minimum Gasteiger partial charge on any atom is -0.487 e. The molecule has 1 rings (SSSR count). The van der Waals surface area contributed by atoms with Crippen LogP contribution in [0.3, 0.4) is 0 Å². The summed E-state index contributed by atoms with van der Waals surface area (Å²) in [6.45, 7) is 7.19. The van der Waals surface area contributed by atoms with Gasteiger partial charge in [0.2, 0.25) is 0 Å². The Morgan fingerprint density at radius 1 is 1.52 bits per heavy atom. The SMILES string of the molecule is CC(CN(C(=O)O)C(C)(C)C)Oc1ccc(F)cc1C#N. The Kier molecular flexibility index (Phi) is 5.14. The largest absolute Gasteiger partial charge is 0.487 e. The smallest absolute Gasteiger partial charge is 0.407 e. The molecule has 1 N–H and O–H groups in total. The number of hydrogen-bond donors (Lipinski definition) is 1. The van der Waals surface area contributed by atoms with Gasteiger partial charge in [0, 0.05) is 5.54 Å². The number of carbonyl (C=O) groups is 1. The van der Waals surface area contributed by atoms with Crippen LogP contribution in [-0.2, 0) is 0 Å². The summed E-state index contributed by atoms with van der Waals surface area (Å²) in [6.07, 6.45) is -1.52. The van der Waals surface area contributed by atoms with Crippen molar-refractivity contribution in [3.8, 4) is 11.8 Å². The van der Waals surface area contributed by atoms with Gasteiger partial charge in [-0.15, -0.1) is 0 Å². The van der Waals surface area contributed by atoms with E-state index in [1.165, 1.54) is 17.0 Å². The van der Waals surface area contributed by atoms with E-state index in [9.17, 15) is 14.3 Å². The Morgan fingerprint density at radius 2 is 2.14 bits per heavy atom. The molecule has 21 heavy (non-hydrogen) atoms. The molecule has 0 radical (unpaired) electrons. The van der Waals surface area contributed by atoms with Gasteiger partial charge in [0.05, 0.1) is 12.1 Å². The van der Waals surface area contributed by atoms with Gasteiger partial charge in [-0.1, -0.05) is 0 Å². The molecule has 1 aromatic rings. The second kappa shape index (κ2) is 6.44. The Balaban J connectivity index is 2.85. The van der Waals surface area contributed by atoms with Crippen LogP contribution in [0.4, 0.5) is 9.18 Å². The molecule has 0 saturated heterocycles. The van der Waals surface area contributed by atoms with Gasteiger partial charge >= 0.3 is 6.09 Å². The molecular formula is C15H19FN2O3. The quantitative estimate of drug-likeness (QED) is 0.925. The highest BCUT2D eigenvalue weighted by atomic mass is 19.1. The summed E-state index contributed by atoms with van der Waals surface area (Å²) >= 11 is 0. The van der Waals surface area contributed by atoms with Gasteiger partial charge in [-0.25, -0.2) is 9.18 Å². The molecule has 0 aliphatic heterocycles. The topological polar surface area (TPSA) is 73.6 Å². The fourth-order valence-electron chi connectivity index (χ4n) is 1.84. The van der Waals surface area contributed by atoms with Crippen molar-refractivity contribution in [2.75, 3.05) is 6.54 Å². The molecule has 0 fully saturated rings. The zero-order valence-corrected chi connectivity index (χ0v) is 12.6. The van der Waals surface area contributed by atoms with Gasteiger partial charge in [-0.2, -0.15) is 5.26 Å². The maximum atomic E-state index is 13.1. The van der Waals surface area contributed by atoms with E-state index in [1.807, 2.05) is 6.07 Å². The van der Waals surface area contributed by atoms with Crippen molar-refractivity contribution in [2.45, 2.75) is 39.3 Å². The van der Waals surface area contributed by atoms with Gasteiger partial charge < -0.3 is 9.84 Å². The maximum absolute atomic E-state index is 13.1. The minimum absolute atomic E-state index is 0.0829. The van der Waals surface area contributed by atoms with Crippen LogP contribution in [0.15, 0.2) is 18.2 Å². The lowest BCUT2D eigenvalue weighted by atomic mass is 10.1. The van der Waals surface area contributed by atoms with Crippen LogP contribution in [0.1, 0.15) is 33.3 Å². The van der Waals surface area contributed by atoms with Gasteiger partial charge in [-0.3, -0.25) is 4.90 Å². The lowest BCUT2D eigenvalue weighted by molar-refractivity contribution is 0.0695. The number of nitrogens with zero attached hydrogens (tertiary/aromatic N) is 2. The van der Waals surface area contributed by atoms with Gasteiger partial charge in [-0.05, 0) is 45.9 Å². The molecule has 1 unspecified atom stereocenters. The number of nitriles is 1. The standard InChI is InChI=1S/C15H19FN2O3/c1-10(9-18(14(19)20)15(2,3)4)21-13-6-5-12(16)7-11(13)8-17/h5-7,10H,9H2,1-4H3,(H,19,20). The summed E-state index contributed by atoms with van der Waals surface area (Å²) in [4.78, 5) is 12.5. The monoisotopic (exact) mass is 294 g/mol. The highest BCUT2D eigenvalue weighted by Crippen LogP contribution is 2.21. The Labute approximate surface area is 123 Å². The molecule has 0 saturated carbocycles. The van der Waals surface area contributed by atoms with E-state index in [-0.39, 0.29) is 17.9 Å². The Hall–Kier alpha value is -2.29.